The highest BCUT2D eigenvalue weighted by Crippen LogP contribution is 2.26. The van der Waals surface area contributed by atoms with Crippen LogP contribution in [0.25, 0.3) is 0 Å². The zero-order valence-electron chi connectivity index (χ0n) is 18.0. The lowest BCUT2D eigenvalue weighted by molar-refractivity contribution is 0.0636. The fourth-order valence-corrected chi connectivity index (χ4v) is 3.96. The quantitative estimate of drug-likeness (QED) is 0.338. The molecule has 0 radical (unpaired) electrons. The standard InChI is InChI=1S/C23H24Cl2N4O2S/c1-23(2,3)31-22(30)28-18-9-5-7-16(11-18)14-32-13-15-6-4-8-17(10-15)27-20-19(24)12-26-21(25)29-20/h4-12H,13-14H2,1-3H3,(H,28,30)(H,26,27,29). The Morgan fingerprint density at radius 1 is 1.03 bits per heavy atom. The Bertz CT molecular complexity index is 1090. The van der Waals surface area contributed by atoms with Crippen LogP contribution in [0.2, 0.25) is 10.3 Å². The summed E-state index contributed by atoms with van der Waals surface area (Å²) in [6, 6.07) is 15.8. The van der Waals surface area contributed by atoms with E-state index in [2.05, 4.69) is 26.7 Å². The van der Waals surface area contributed by atoms with Gasteiger partial charge in [-0.1, -0.05) is 35.9 Å². The van der Waals surface area contributed by atoms with Gasteiger partial charge in [0.25, 0.3) is 0 Å². The summed E-state index contributed by atoms with van der Waals surface area (Å²) in [5.74, 6) is 2.08. The molecule has 2 N–H and O–H groups in total. The van der Waals surface area contributed by atoms with Crippen molar-refractivity contribution in [1.82, 2.24) is 9.97 Å². The molecule has 1 amide bonds. The maximum atomic E-state index is 12.0. The van der Waals surface area contributed by atoms with Crippen molar-refractivity contribution in [3.05, 3.63) is 76.2 Å². The number of benzene rings is 2. The molecule has 0 aliphatic rings. The first-order valence-electron chi connectivity index (χ1n) is 9.89. The van der Waals surface area contributed by atoms with Crippen LogP contribution < -0.4 is 10.6 Å². The van der Waals surface area contributed by atoms with E-state index >= 15 is 0 Å². The summed E-state index contributed by atoms with van der Waals surface area (Å²) in [5, 5.41) is 6.48. The van der Waals surface area contributed by atoms with Crippen LogP contribution in [0.3, 0.4) is 0 Å². The number of hydrogen-bond acceptors (Lipinski definition) is 6. The summed E-state index contributed by atoms with van der Waals surface area (Å²) in [6.45, 7) is 5.50. The van der Waals surface area contributed by atoms with Crippen molar-refractivity contribution in [2.24, 2.45) is 0 Å². The second-order valence-electron chi connectivity index (χ2n) is 7.98. The van der Waals surface area contributed by atoms with Crippen molar-refractivity contribution in [2.45, 2.75) is 37.9 Å². The molecule has 0 aliphatic carbocycles. The van der Waals surface area contributed by atoms with Gasteiger partial charge in [0.2, 0.25) is 5.28 Å². The Kier molecular flexibility index (Phi) is 8.23. The largest absolute Gasteiger partial charge is 0.444 e. The normalized spacial score (nSPS) is 11.2. The molecule has 3 rings (SSSR count). The molecular formula is C23H24Cl2N4O2S. The van der Waals surface area contributed by atoms with Crippen LogP contribution in [0.1, 0.15) is 31.9 Å². The molecule has 1 heterocycles. The van der Waals surface area contributed by atoms with Gasteiger partial charge in [-0.15, -0.1) is 0 Å². The van der Waals surface area contributed by atoms with E-state index < -0.39 is 11.7 Å². The molecule has 0 aliphatic heterocycles. The number of aromatic nitrogens is 2. The number of anilines is 3. The number of ether oxygens (including phenoxy) is 1. The summed E-state index contributed by atoms with van der Waals surface area (Å²) in [5.41, 5.74) is 3.30. The van der Waals surface area contributed by atoms with Gasteiger partial charge in [-0.25, -0.2) is 9.78 Å². The van der Waals surface area contributed by atoms with Gasteiger partial charge in [0.1, 0.15) is 10.6 Å². The van der Waals surface area contributed by atoms with Crippen LogP contribution in [0.15, 0.2) is 54.7 Å². The molecule has 1 aromatic heterocycles. The molecule has 3 aromatic rings. The topological polar surface area (TPSA) is 76.1 Å². The van der Waals surface area contributed by atoms with Crippen molar-refractivity contribution in [2.75, 3.05) is 10.6 Å². The van der Waals surface area contributed by atoms with E-state index in [1.54, 1.807) is 11.8 Å². The number of nitrogens with zero attached hydrogens (tertiary/aromatic N) is 2. The molecule has 2 aromatic carbocycles. The van der Waals surface area contributed by atoms with Gasteiger partial charge in [0.15, 0.2) is 5.82 Å². The van der Waals surface area contributed by atoms with Gasteiger partial charge in [-0.05, 0) is 67.8 Å². The highest BCUT2D eigenvalue weighted by atomic mass is 35.5. The first-order chi connectivity index (χ1) is 15.2. The van der Waals surface area contributed by atoms with Crippen molar-refractivity contribution < 1.29 is 9.53 Å². The lowest BCUT2D eigenvalue weighted by Gasteiger charge is -2.19. The summed E-state index contributed by atoms with van der Waals surface area (Å²) < 4.78 is 5.30. The fraction of sp³-hybridized carbons (Fsp3) is 0.261. The van der Waals surface area contributed by atoms with Crippen molar-refractivity contribution in [3.8, 4) is 0 Å². The van der Waals surface area contributed by atoms with Crippen LogP contribution >= 0.6 is 35.0 Å². The summed E-state index contributed by atoms with van der Waals surface area (Å²) >= 11 is 13.8. The molecule has 9 heteroatoms. The second kappa shape index (κ2) is 10.9. The SMILES string of the molecule is CC(C)(C)OC(=O)Nc1cccc(CSCc2cccc(Nc3nc(Cl)ncc3Cl)c2)c1. The number of carbonyl (C=O) groups excluding carboxylic acids is 1. The number of carbonyl (C=O) groups is 1. The van der Waals surface area contributed by atoms with E-state index in [9.17, 15) is 4.79 Å². The zero-order chi connectivity index (χ0) is 23.1. The van der Waals surface area contributed by atoms with E-state index in [0.29, 0.717) is 16.5 Å². The first-order valence-corrected chi connectivity index (χ1v) is 11.8. The van der Waals surface area contributed by atoms with Crippen LogP contribution in [0.4, 0.5) is 22.0 Å². The second-order valence-corrected chi connectivity index (χ2v) is 9.71. The maximum Gasteiger partial charge on any atom is 0.412 e. The molecule has 0 saturated carbocycles. The third-order valence-corrected chi connectivity index (χ3v) is 5.55. The number of hydrogen-bond donors (Lipinski definition) is 2. The van der Waals surface area contributed by atoms with Crippen LogP contribution in [-0.2, 0) is 16.2 Å². The molecule has 6 nitrogen and oxygen atoms in total. The highest BCUT2D eigenvalue weighted by Gasteiger charge is 2.16. The molecule has 32 heavy (non-hydrogen) atoms. The van der Waals surface area contributed by atoms with Crippen molar-refractivity contribution in [3.63, 3.8) is 0 Å². The van der Waals surface area contributed by atoms with Crippen LogP contribution in [0, 0.1) is 0 Å². The van der Waals surface area contributed by atoms with Gasteiger partial charge < -0.3 is 10.1 Å². The molecule has 0 spiro atoms. The minimum absolute atomic E-state index is 0.131. The molecule has 168 valence electrons. The van der Waals surface area contributed by atoms with Crippen LogP contribution in [0.5, 0.6) is 0 Å². The Labute approximate surface area is 202 Å². The summed E-state index contributed by atoms with van der Waals surface area (Å²) in [6.07, 6.45) is 1.00. The molecular weight excluding hydrogens is 467 g/mol. The van der Waals surface area contributed by atoms with E-state index in [4.69, 9.17) is 27.9 Å². The lowest BCUT2D eigenvalue weighted by Crippen LogP contribution is -2.27. The molecule has 0 atom stereocenters. The summed E-state index contributed by atoms with van der Waals surface area (Å²) in [4.78, 5) is 19.9. The van der Waals surface area contributed by atoms with Gasteiger partial charge in [0, 0.05) is 22.9 Å². The Balaban J connectivity index is 1.55. The Morgan fingerprint density at radius 2 is 1.66 bits per heavy atom. The minimum Gasteiger partial charge on any atom is -0.444 e. The Morgan fingerprint density at radius 3 is 2.31 bits per heavy atom. The predicted molar refractivity (Wildman–Crippen MR) is 133 cm³/mol. The number of nitrogens with one attached hydrogen (secondary N) is 2. The molecule has 0 unspecified atom stereocenters. The van der Waals surface area contributed by atoms with E-state index in [1.807, 2.05) is 63.2 Å². The summed E-state index contributed by atoms with van der Waals surface area (Å²) in [7, 11) is 0. The average molecular weight is 491 g/mol. The predicted octanol–water partition coefficient (Wildman–Crippen LogP) is 7.31. The molecule has 0 bridgehead atoms. The first kappa shape index (κ1) is 24.2. The van der Waals surface area contributed by atoms with E-state index in [1.165, 1.54) is 6.20 Å². The average Bonchev–Trinajstić information content (AvgIpc) is 2.70. The van der Waals surface area contributed by atoms with Crippen molar-refractivity contribution >= 4 is 58.2 Å². The number of rotatable bonds is 7. The van der Waals surface area contributed by atoms with Gasteiger partial charge in [0.05, 0.1) is 6.20 Å². The molecule has 0 fully saturated rings. The third kappa shape index (κ3) is 7.89. The third-order valence-electron chi connectivity index (χ3n) is 4.01. The maximum absolute atomic E-state index is 12.0. The molecule has 0 saturated heterocycles. The van der Waals surface area contributed by atoms with Gasteiger partial charge >= 0.3 is 6.09 Å². The Hall–Kier alpha value is -2.48. The highest BCUT2D eigenvalue weighted by molar-refractivity contribution is 7.97. The van der Waals surface area contributed by atoms with E-state index in [0.717, 1.165) is 28.3 Å². The fourth-order valence-electron chi connectivity index (χ4n) is 2.76. The monoisotopic (exact) mass is 490 g/mol. The smallest absolute Gasteiger partial charge is 0.412 e. The van der Waals surface area contributed by atoms with Gasteiger partial charge in [-0.3, -0.25) is 5.32 Å². The number of amides is 1. The lowest BCUT2D eigenvalue weighted by atomic mass is 10.2. The minimum atomic E-state index is -0.536. The zero-order valence-corrected chi connectivity index (χ0v) is 20.3. The number of halogens is 2. The van der Waals surface area contributed by atoms with E-state index in [-0.39, 0.29) is 5.28 Å². The number of thioether (sulfide) groups is 1. The van der Waals surface area contributed by atoms with Crippen LogP contribution in [-0.4, -0.2) is 21.7 Å². The van der Waals surface area contributed by atoms with Gasteiger partial charge in [-0.2, -0.15) is 16.7 Å². The van der Waals surface area contributed by atoms with Crippen molar-refractivity contribution in [1.29, 1.82) is 0 Å².